The molecule has 0 unspecified atom stereocenters. The SMILES string of the molecule is O=C(CCNC(=O)c1ccco1)NCCNC(=O)c1ccc(Cl)cc1. The van der Waals surface area contributed by atoms with Crippen LogP contribution in [0, 0.1) is 0 Å². The summed E-state index contributed by atoms with van der Waals surface area (Å²) in [5, 5.41) is 8.48. The van der Waals surface area contributed by atoms with Gasteiger partial charge >= 0.3 is 0 Å². The second-order valence-electron chi connectivity index (χ2n) is 5.10. The molecule has 8 heteroatoms. The summed E-state index contributed by atoms with van der Waals surface area (Å²) in [5.41, 5.74) is 0.497. The predicted octanol–water partition coefficient (Wildman–Crippen LogP) is 1.60. The van der Waals surface area contributed by atoms with Crippen molar-refractivity contribution in [2.24, 2.45) is 0 Å². The van der Waals surface area contributed by atoms with E-state index < -0.39 is 0 Å². The van der Waals surface area contributed by atoms with Gasteiger partial charge in [-0.05, 0) is 36.4 Å². The van der Waals surface area contributed by atoms with Gasteiger partial charge in [0.2, 0.25) is 5.91 Å². The quantitative estimate of drug-likeness (QED) is 0.620. The minimum absolute atomic E-state index is 0.136. The van der Waals surface area contributed by atoms with Crippen molar-refractivity contribution >= 4 is 29.3 Å². The lowest BCUT2D eigenvalue weighted by molar-refractivity contribution is -0.120. The molecule has 1 aromatic carbocycles. The van der Waals surface area contributed by atoms with Gasteiger partial charge in [0, 0.05) is 36.6 Å². The van der Waals surface area contributed by atoms with Gasteiger partial charge in [-0.2, -0.15) is 0 Å². The molecule has 3 amide bonds. The molecule has 1 heterocycles. The molecule has 132 valence electrons. The number of benzene rings is 1. The summed E-state index contributed by atoms with van der Waals surface area (Å²) in [4.78, 5) is 35.1. The average Bonchev–Trinajstić information content (AvgIpc) is 3.14. The van der Waals surface area contributed by atoms with Crippen molar-refractivity contribution in [2.45, 2.75) is 6.42 Å². The summed E-state index contributed by atoms with van der Waals surface area (Å²) in [7, 11) is 0. The molecule has 0 aliphatic rings. The molecular weight excluding hydrogens is 346 g/mol. The lowest BCUT2D eigenvalue weighted by Crippen LogP contribution is -2.36. The minimum atomic E-state index is -0.368. The number of carbonyl (C=O) groups excluding carboxylic acids is 3. The predicted molar refractivity (Wildman–Crippen MR) is 92.5 cm³/mol. The van der Waals surface area contributed by atoms with E-state index in [9.17, 15) is 14.4 Å². The summed E-state index contributed by atoms with van der Waals surface area (Å²) in [6.45, 7) is 0.790. The van der Waals surface area contributed by atoms with Crippen LogP contribution in [-0.2, 0) is 4.79 Å². The molecule has 0 spiro atoms. The first-order chi connectivity index (χ1) is 12.1. The van der Waals surface area contributed by atoms with Gasteiger partial charge in [-0.3, -0.25) is 14.4 Å². The van der Waals surface area contributed by atoms with Gasteiger partial charge in [-0.15, -0.1) is 0 Å². The molecule has 0 atom stereocenters. The maximum Gasteiger partial charge on any atom is 0.286 e. The fourth-order valence-electron chi connectivity index (χ4n) is 1.95. The molecule has 0 saturated heterocycles. The number of furan rings is 1. The molecule has 0 bridgehead atoms. The van der Waals surface area contributed by atoms with Crippen molar-refractivity contribution in [3.63, 3.8) is 0 Å². The van der Waals surface area contributed by atoms with Gasteiger partial charge in [-0.25, -0.2) is 0 Å². The molecule has 0 fully saturated rings. The summed E-state index contributed by atoms with van der Waals surface area (Å²) >= 11 is 5.76. The maximum absolute atomic E-state index is 11.8. The van der Waals surface area contributed by atoms with Crippen LogP contribution in [0.25, 0.3) is 0 Å². The Balaban J connectivity index is 1.57. The lowest BCUT2D eigenvalue weighted by atomic mass is 10.2. The third kappa shape index (κ3) is 6.31. The first-order valence-corrected chi connectivity index (χ1v) is 8.06. The van der Waals surface area contributed by atoms with Crippen molar-refractivity contribution in [1.29, 1.82) is 0 Å². The lowest BCUT2D eigenvalue weighted by Gasteiger charge is -2.08. The van der Waals surface area contributed by atoms with Crippen molar-refractivity contribution in [1.82, 2.24) is 16.0 Å². The van der Waals surface area contributed by atoms with Crippen molar-refractivity contribution in [3.8, 4) is 0 Å². The summed E-state index contributed by atoms with van der Waals surface area (Å²) in [6, 6.07) is 9.67. The average molecular weight is 364 g/mol. The molecule has 7 nitrogen and oxygen atoms in total. The van der Waals surface area contributed by atoms with Crippen LogP contribution in [0.15, 0.2) is 47.1 Å². The zero-order chi connectivity index (χ0) is 18.1. The zero-order valence-corrected chi connectivity index (χ0v) is 14.1. The number of hydrogen-bond donors (Lipinski definition) is 3. The third-order valence-corrected chi connectivity index (χ3v) is 3.47. The Bertz CT molecular complexity index is 714. The normalized spacial score (nSPS) is 10.1. The Morgan fingerprint density at radius 1 is 0.880 bits per heavy atom. The molecule has 2 rings (SSSR count). The van der Waals surface area contributed by atoms with Gasteiger partial charge in [0.25, 0.3) is 11.8 Å². The summed E-state index contributed by atoms with van der Waals surface area (Å²) in [6.07, 6.45) is 1.54. The van der Waals surface area contributed by atoms with Crippen LogP contribution in [-0.4, -0.2) is 37.4 Å². The number of halogens is 1. The van der Waals surface area contributed by atoms with Crippen molar-refractivity contribution in [2.75, 3.05) is 19.6 Å². The number of rotatable bonds is 8. The largest absolute Gasteiger partial charge is 0.459 e. The number of hydrogen-bond acceptors (Lipinski definition) is 4. The van der Waals surface area contributed by atoms with E-state index in [0.29, 0.717) is 23.7 Å². The minimum Gasteiger partial charge on any atom is -0.459 e. The third-order valence-electron chi connectivity index (χ3n) is 3.22. The molecule has 0 radical (unpaired) electrons. The van der Waals surface area contributed by atoms with E-state index in [4.69, 9.17) is 16.0 Å². The van der Waals surface area contributed by atoms with Crippen LogP contribution in [0.5, 0.6) is 0 Å². The van der Waals surface area contributed by atoms with Gasteiger partial charge in [-0.1, -0.05) is 11.6 Å². The number of carbonyl (C=O) groups is 3. The Kier molecular flexibility index (Phi) is 7.03. The Morgan fingerprint density at radius 2 is 1.56 bits per heavy atom. The molecule has 0 aliphatic heterocycles. The molecule has 25 heavy (non-hydrogen) atoms. The maximum atomic E-state index is 11.8. The molecular formula is C17H18ClN3O4. The van der Waals surface area contributed by atoms with Crippen LogP contribution in [0.2, 0.25) is 5.02 Å². The zero-order valence-electron chi connectivity index (χ0n) is 13.4. The Morgan fingerprint density at radius 3 is 2.24 bits per heavy atom. The van der Waals surface area contributed by atoms with E-state index in [2.05, 4.69) is 16.0 Å². The highest BCUT2D eigenvalue weighted by atomic mass is 35.5. The fraction of sp³-hybridized carbons (Fsp3) is 0.235. The summed E-state index contributed by atoms with van der Waals surface area (Å²) in [5.74, 6) is -0.629. The molecule has 0 saturated carbocycles. The monoisotopic (exact) mass is 363 g/mol. The Labute approximate surface area is 149 Å². The van der Waals surface area contributed by atoms with E-state index in [0.717, 1.165) is 0 Å². The van der Waals surface area contributed by atoms with Crippen molar-refractivity contribution < 1.29 is 18.8 Å². The van der Waals surface area contributed by atoms with E-state index in [1.807, 2.05) is 0 Å². The highest BCUT2D eigenvalue weighted by Crippen LogP contribution is 2.09. The second-order valence-corrected chi connectivity index (χ2v) is 5.53. The van der Waals surface area contributed by atoms with E-state index in [-0.39, 0.29) is 36.4 Å². The summed E-state index contributed by atoms with van der Waals surface area (Å²) < 4.78 is 4.94. The molecule has 2 aromatic rings. The molecule has 3 N–H and O–H groups in total. The highest BCUT2D eigenvalue weighted by molar-refractivity contribution is 6.30. The number of nitrogens with one attached hydrogen (secondary N) is 3. The fourth-order valence-corrected chi connectivity index (χ4v) is 2.08. The van der Waals surface area contributed by atoms with Gasteiger partial charge in [0.1, 0.15) is 0 Å². The van der Waals surface area contributed by atoms with Crippen LogP contribution < -0.4 is 16.0 Å². The van der Waals surface area contributed by atoms with Crippen LogP contribution in [0.4, 0.5) is 0 Å². The van der Waals surface area contributed by atoms with Crippen LogP contribution >= 0.6 is 11.6 Å². The Hall–Kier alpha value is -2.80. The first-order valence-electron chi connectivity index (χ1n) is 7.68. The molecule has 1 aromatic heterocycles. The van der Waals surface area contributed by atoms with Gasteiger partial charge < -0.3 is 20.4 Å². The van der Waals surface area contributed by atoms with Crippen LogP contribution in [0.3, 0.4) is 0 Å². The highest BCUT2D eigenvalue weighted by Gasteiger charge is 2.09. The van der Waals surface area contributed by atoms with Crippen LogP contribution in [0.1, 0.15) is 27.3 Å². The topological polar surface area (TPSA) is 100 Å². The van der Waals surface area contributed by atoms with E-state index >= 15 is 0 Å². The van der Waals surface area contributed by atoms with Crippen molar-refractivity contribution in [3.05, 3.63) is 59.0 Å². The smallest absolute Gasteiger partial charge is 0.286 e. The van der Waals surface area contributed by atoms with E-state index in [1.165, 1.54) is 6.26 Å². The molecule has 0 aliphatic carbocycles. The number of amides is 3. The van der Waals surface area contributed by atoms with Gasteiger partial charge in [0.05, 0.1) is 6.26 Å². The van der Waals surface area contributed by atoms with E-state index in [1.54, 1.807) is 36.4 Å². The first kappa shape index (κ1) is 18.5. The second kappa shape index (κ2) is 9.48. The van der Waals surface area contributed by atoms with Gasteiger partial charge in [0.15, 0.2) is 5.76 Å². The standard InChI is InChI=1S/C17H18ClN3O4/c18-13-5-3-12(4-6-13)16(23)21-10-9-19-15(22)7-8-20-17(24)14-2-1-11-25-14/h1-6,11H,7-10H2,(H,19,22)(H,20,24)(H,21,23).